The summed E-state index contributed by atoms with van der Waals surface area (Å²) >= 11 is 0. The number of piperidine rings is 1. The van der Waals surface area contributed by atoms with Crippen LogP contribution in [0.2, 0.25) is 0 Å². The fraction of sp³-hybridized carbons (Fsp3) is 0.233. The Bertz CT molecular complexity index is 1600. The molecule has 3 N–H and O–H groups in total. The van der Waals surface area contributed by atoms with Gasteiger partial charge in [0.15, 0.2) is 5.82 Å². The van der Waals surface area contributed by atoms with Crippen molar-refractivity contribution in [3.8, 4) is 11.3 Å². The van der Waals surface area contributed by atoms with Crippen LogP contribution in [0, 0.1) is 5.82 Å². The number of hydrogen-bond donors (Lipinski definition) is 3. The van der Waals surface area contributed by atoms with Gasteiger partial charge in [-0.15, -0.1) is 0 Å². The summed E-state index contributed by atoms with van der Waals surface area (Å²) in [5.74, 6) is -0.499. The van der Waals surface area contributed by atoms with E-state index in [1.807, 2.05) is 36.7 Å². The lowest BCUT2D eigenvalue weighted by atomic mass is 10.0. The van der Waals surface area contributed by atoms with Gasteiger partial charge in [0, 0.05) is 29.8 Å². The molecular formula is C30H30FN7O. The summed E-state index contributed by atoms with van der Waals surface area (Å²) in [5.41, 5.74) is 5.42. The number of hydrogen-bond acceptors (Lipinski definition) is 5. The monoisotopic (exact) mass is 523 g/mol. The van der Waals surface area contributed by atoms with E-state index in [4.69, 9.17) is 0 Å². The number of imidazole rings is 1. The van der Waals surface area contributed by atoms with Crippen LogP contribution >= 0.6 is 0 Å². The van der Waals surface area contributed by atoms with Gasteiger partial charge in [-0.3, -0.25) is 9.89 Å². The predicted molar refractivity (Wildman–Crippen MR) is 151 cm³/mol. The van der Waals surface area contributed by atoms with Gasteiger partial charge in [-0.1, -0.05) is 36.4 Å². The molecule has 0 saturated carbocycles. The number of anilines is 2. The SMILES string of the molecule is CN1CCC(Nc2ccc(C(=O)Nc3cc(-c4ccc5ncn(Cc6ccccc6)c5c4)[nH]n3)cc2F)CC1. The Balaban J connectivity index is 1.14. The minimum absolute atomic E-state index is 0.231. The molecule has 1 aliphatic rings. The number of benzene rings is 3. The predicted octanol–water partition coefficient (Wildman–Crippen LogP) is 5.37. The number of nitrogens with zero attached hydrogens (tertiary/aromatic N) is 4. The summed E-state index contributed by atoms with van der Waals surface area (Å²) < 4.78 is 16.9. The molecule has 3 heterocycles. The summed E-state index contributed by atoms with van der Waals surface area (Å²) in [7, 11) is 2.09. The molecule has 1 amide bonds. The van der Waals surface area contributed by atoms with Crippen LogP contribution in [0.25, 0.3) is 22.3 Å². The van der Waals surface area contributed by atoms with Crippen LogP contribution in [0.3, 0.4) is 0 Å². The third-order valence-corrected chi connectivity index (χ3v) is 7.26. The van der Waals surface area contributed by atoms with Crippen molar-refractivity contribution in [3.05, 3.63) is 96.1 Å². The van der Waals surface area contributed by atoms with Crippen molar-refractivity contribution in [3.63, 3.8) is 0 Å². The Morgan fingerprint density at radius 3 is 2.67 bits per heavy atom. The average Bonchev–Trinajstić information content (AvgIpc) is 3.58. The minimum atomic E-state index is -0.440. The number of nitrogens with one attached hydrogen (secondary N) is 3. The van der Waals surface area contributed by atoms with Crippen molar-refractivity contribution in [1.82, 2.24) is 24.6 Å². The number of amides is 1. The molecule has 0 radical (unpaired) electrons. The first-order chi connectivity index (χ1) is 19.0. The van der Waals surface area contributed by atoms with E-state index in [2.05, 4.69) is 60.5 Å². The topological polar surface area (TPSA) is 90.9 Å². The van der Waals surface area contributed by atoms with Crippen molar-refractivity contribution >= 4 is 28.4 Å². The molecule has 5 aromatic rings. The highest BCUT2D eigenvalue weighted by Crippen LogP contribution is 2.26. The lowest BCUT2D eigenvalue weighted by Gasteiger charge is -2.30. The maximum Gasteiger partial charge on any atom is 0.256 e. The quantitative estimate of drug-likeness (QED) is 0.267. The zero-order valence-corrected chi connectivity index (χ0v) is 21.7. The molecule has 0 unspecified atom stereocenters. The van der Waals surface area contributed by atoms with Crippen LogP contribution in [0.4, 0.5) is 15.9 Å². The first kappa shape index (κ1) is 24.8. The summed E-state index contributed by atoms with van der Waals surface area (Å²) in [4.78, 5) is 19.6. The van der Waals surface area contributed by atoms with E-state index in [-0.39, 0.29) is 11.6 Å². The number of H-pyrrole nitrogens is 1. The summed E-state index contributed by atoms with van der Waals surface area (Å²) in [6, 6.07) is 22.7. The first-order valence-corrected chi connectivity index (χ1v) is 13.1. The van der Waals surface area contributed by atoms with Gasteiger partial charge in [0.25, 0.3) is 5.91 Å². The first-order valence-electron chi connectivity index (χ1n) is 13.1. The van der Waals surface area contributed by atoms with E-state index in [9.17, 15) is 9.18 Å². The molecule has 8 nitrogen and oxygen atoms in total. The van der Waals surface area contributed by atoms with E-state index >= 15 is 0 Å². The van der Waals surface area contributed by atoms with E-state index in [0.717, 1.165) is 48.2 Å². The Kier molecular flexibility index (Phi) is 6.81. The van der Waals surface area contributed by atoms with E-state index in [1.165, 1.54) is 11.6 Å². The highest BCUT2D eigenvalue weighted by Gasteiger charge is 2.19. The van der Waals surface area contributed by atoms with E-state index in [0.29, 0.717) is 18.1 Å². The van der Waals surface area contributed by atoms with E-state index in [1.54, 1.807) is 18.2 Å². The fourth-order valence-electron chi connectivity index (χ4n) is 5.00. The van der Waals surface area contributed by atoms with Gasteiger partial charge in [-0.2, -0.15) is 5.10 Å². The second kappa shape index (κ2) is 10.7. The van der Waals surface area contributed by atoms with E-state index < -0.39 is 11.7 Å². The molecule has 39 heavy (non-hydrogen) atoms. The molecular weight excluding hydrogens is 493 g/mol. The van der Waals surface area contributed by atoms with Crippen LogP contribution in [0.1, 0.15) is 28.8 Å². The Morgan fingerprint density at radius 2 is 1.87 bits per heavy atom. The minimum Gasteiger partial charge on any atom is -0.380 e. The second-order valence-electron chi connectivity index (χ2n) is 10.1. The standard InChI is InChI=1S/C30H30FN7O/c1-37-13-11-23(12-14-37)33-25-9-8-22(15-24(25)31)30(39)34-29-17-27(35-36-29)21-7-10-26-28(16-21)38(19-32-26)18-20-5-3-2-4-6-20/h2-10,15-17,19,23,33H,11-14,18H2,1H3,(H2,34,35,36,39). The largest absolute Gasteiger partial charge is 0.380 e. The summed E-state index contributed by atoms with van der Waals surface area (Å²) in [6.45, 7) is 2.68. The number of aromatic amines is 1. The molecule has 0 aliphatic carbocycles. The second-order valence-corrected chi connectivity index (χ2v) is 10.1. The zero-order valence-electron chi connectivity index (χ0n) is 21.7. The molecule has 9 heteroatoms. The summed E-state index contributed by atoms with van der Waals surface area (Å²) in [6.07, 6.45) is 3.76. The summed E-state index contributed by atoms with van der Waals surface area (Å²) in [5, 5.41) is 13.3. The number of carbonyl (C=O) groups is 1. The van der Waals surface area contributed by atoms with Crippen LogP contribution in [0.5, 0.6) is 0 Å². The zero-order chi connectivity index (χ0) is 26.8. The fourth-order valence-corrected chi connectivity index (χ4v) is 5.00. The van der Waals surface area contributed by atoms with Crippen molar-refractivity contribution < 1.29 is 9.18 Å². The lowest BCUT2D eigenvalue weighted by molar-refractivity contribution is 0.102. The molecule has 1 aliphatic heterocycles. The van der Waals surface area contributed by atoms with Crippen molar-refractivity contribution in [2.75, 3.05) is 30.8 Å². The highest BCUT2D eigenvalue weighted by atomic mass is 19.1. The molecule has 0 spiro atoms. The van der Waals surface area contributed by atoms with Crippen LogP contribution in [0.15, 0.2) is 79.1 Å². The van der Waals surface area contributed by atoms with Gasteiger partial charge < -0.3 is 20.1 Å². The highest BCUT2D eigenvalue weighted by molar-refractivity contribution is 6.04. The molecule has 3 aromatic carbocycles. The average molecular weight is 524 g/mol. The van der Waals surface area contributed by atoms with Gasteiger partial charge >= 0.3 is 0 Å². The number of fused-ring (bicyclic) bond motifs is 1. The van der Waals surface area contributed by atoms with Crippen LogP contribution < -0.4 is 10.6 Å². The maximum absolute atomic E-state index is 14.8. The normalized spacial score (nSPS) is 14.5. The molecule has 198 valence electrons. The van der Waals surface area contributed by atoms with Crippen molar-refractivity contribution in [1.29, 1.82) is 0 Å². The number of halogens is 1. The number of carbonyl (C=O) groups excluding carboxylic acids is 1. The molecule has 1 saturated heterocycles. The van der Waals surface area contributed by atoms with Crippen LogP contribution in [-0.2, 0) is 6.54 Å². The molecule has 2 aromatic heterocycles. The van der Waals surface area contributed by atoms with Gasteiger partial charge in [0.05, 0.1) is 28.7 Å². The molecule has 0 bridgehead atoms. The Morgan fingerprint density at radius 1 is 1.05 bits per heavy atom. The van der Waals surface area contributed by atoms with Gasteiger partial charge in [-0.05, 0) is 68.9 Å². The van der Waals surface area contributed by atoms with Gasteiger partial charge in [0.1, 0.15) is 5.82 Å². The maximum atomic E-state index is 14.8. The third-order valence-electron chi connectivity index (χ3n) is 7.26. The number of likely N-dealkylation sites (tertiary alicyclic amines) is 1. The Labute approximate surface area is 225 Å². The van der Waals surface area contributed by atoms with Crippen molar-refractivity contribution in [2.24, 2.45) is 0 Å². The number of aromatic nitrogens is 4. The molecule has 0 atom stereocenters. The molecule has 6 rings (SSSR count). The van der Waals surface area contributed by atoms with Crippen LogP contribution in [-0.4, -0.2) is 56.7 Å². The van der Waals surface area contributed by atoms with Crippen molar-refractivity contribution in [2.45, 2.75) is 25.4 Å². The molecule has 1 fully saturated rings. The lowest BCUT2D eigenvalue weighted by Crippen LogP contribution is -2.36. The third kappa shape index (κ3) is 5.53. The van der Waals surface area contributed by atoms with Gasteiger partial charge in [-0.25, -0.2) is 9.37 Å². The van der Waals surface area contributed by atoms with Gasteiger partial charge in [0.2, 0.25) is 0 Å². The Hall–Kier alpha value is -4.50. The smallest absolute Gasteiger partial charge is 0.256 e. The number of rotatable bonds is 7.